The number of alkyl halides is 1. The van der Waals surface area contributed by atoms with E-state index in [9.17, 15) is 4.79 Å². The lowest BCUT2D eigenvalue weighted by Crippen LogP contribution is -2.05. The van der Waals surface area contributed by atoms with Crippen LogP contribution in [0.1, 0.15) is 23.0 Å². The summed E-state index contributed by atoms with van der Waals surface area (Å²) in [4.78, 5) is 11.8. The van der Waals surface area contributed by atoms with Crippen LogP contribution < -0.4 is 0 Å². The van der Waals surface area contributed by atoms with Crippen molar-refractivity contribution in [2.45, 2.75) is 12.8 Å². The first kappa shape index (κ1) is 11.0. The van der Waals surface area contributed by atoms with Gasteiger partial charge in [0, 0.05) is 5.39 Å². The lowest BCUT2D eigenvalue weighted by Gasteiger charge is -2.00. The van der Waals surface area contributed by atoms with Gasteiger partial charge in [-0.1, -0.05) is 18.2 Å². The lowest BCUT2D eigenvalue weighted by atomic mass is 10.1. The average molecular weight is 239 g/mol. The average Bonchev–Trinajstić information content (AvgIpc) is 2.67. The minimum Gasteiger partial charge on any atom is -0.462 e. The maximum absolute atomic E-state index is 11.8. The first-order chi connectivity index (χ1) is 7.77. The van der Waals surface area contributed by atoms with Gasteiger partial charge in [-0.25, -0.2) is 4.79 Å². The molecule has 2 rings (SSSR count). The van der Waals surface area contributed by atoms with Crippen molar-refractivity contribution < 1.29 is 13.9 Å². The van der Waals surface area contributed by atoms with Gasteiger partial charge in [0.25, 0.3) is 0 Å². The number of fused-ring (bicyclic) bond motifs is 1. The Morgan fingerprint density at radius 1 is 1.44 bits per heavy atom. The molecule has 0 unspecified atom stereocenters. The molecule has 84 valence electrons. The molecule has 0 aliphatic heterocycles. The minimum absolute atomic E-state index is 0.156. The fraction of sp³-hybridized carbons (Fsp3) is 0.250. The van der Waals surface area contributed by atoms with Gasteiger partial charge < -0.3 is 9.15 Å². The van der Waals surface area contributed by atoms with Crippen LogP contribution >= 0.6 is 11.6 Å². The van der Waals surface area contributed by atoms with E-state index >= 15 is 0 Å². The Labute approximate surface area is 97.9 Å². The standard InChI is InChI=1S/C12H11ClO3/c1-2-15-12(14)11-8-5-3-4-6-9(8)16-10(11)7-13/h3-6H,2,7H2,1H3. The minimum atomic E-state index is -0.386. The van der Waals surface area contributed by atoms with E-state index in [-0.39, 0.29) is 11.8 Å². The summed E-state index contributed by atoms with van der Waals surface area (Å²) >= 11 is 5.75. The van der Waals surface area contributed by atoms with Crippen molar-refractivity contribution in [2.24, 2.45) is 0 Å². The summed E-state index contributed by atoms with van der Waals surface area (Å²) < 4.78 is 10.5. The highest BCUT2D eigenvalue weighted by molar-refractivity contribution is 6.18. The molecule has 1 aromatic carbocycles. The Hall–Kier alpha value is -1.48. The Morgan fingerprint density at radius 3 is 2.88 bits per heavy atom. The fourth-order valence-corrected chi connectivity index (χ4v) is 1.81. The van der Waals surface area contributed by atoms with Gasteiger partial charge in [0.05, 0.1) is 12.5 Å². The zero-order chi connectivity index (χ0) is 11.5. The van der Waals surface area contributed by atoms with Crippen LogP contribution in [-0.2, 0) is 10.6 Å². The summed E-state index contributed by atoms with van der Waals surface area (Å²) in [6.07, 6.45) is 0. The SMILES string of the molecule is CCOC(=O)c1c(CCl)oc2ccccc12. The summed E-state index contributed by atoms with van der Waals surface area (Å²) in [6, 6.07) is 7.31. The van der Waals surface area contributed by atoms with Crippen LogP contribution in [0.4, 0.5) is 0 Å². The molecule has 0 bridgehead atoms. The van der Waals surface area contributed by atoms with E-state index in [1.165, 1.54) is 0 Å². The van der Waals surface area contributed by atoms with Crippen molar-refractivity contribution in [1.29, 1.82) is 0 Å². The normalized spacial score (nSPS) is 10.6. The monoisotopic (exact) mass is 238 g/mol. The molecule has 0 fully saturated rings. The van der Waals surface area contributed by atoms with Gasteiger partial charge in [-0.3, -0.25) is 0 Å². The van der Waals surface area contributed by atoms with Crippen molar-refractivity contribution in [3.63, 3.8) is 0 Å². The van der Waals surface area contributed by atoms with Crippen LogP contribution in [0.5, 0.6) is 0 Å². The Morgan fingerprint density at radius 2 is 2.19 bits per heavy atom. The highest BCUT2D eigenvalue weighted by Gasteiger charge is 2.20. The molecule has 0 radical (unpaired) electrons. The van der Waals surface area contributed by atoms with Crippen molar-refractivity contribution in [2.75, 3.05) is 6.61 Å². The van der Waals surface area contributed by atoms with Crippen LogP contribution in [-0.4, -0.2) is 12.6 Å². The largest absolute Gasteiger partial charge is 0.462 e. The lowest BCUT2D eigenvalue weighted by molar-refractivity contribution is 0.0526. The summed E-state index contributed by atoms with van der Waals surface area (Å²) in [7, 11) is 0. The second-order valence-corrected chi connectivity index (χ2v) is 3.52. The molecule has 3 nitrogen and oxygen atoms in total. The molecule has 2 aromatic rings. The Balaban J connectivity index is 2.60. The highest BCUT2D eigenvalue weighted by atomic mass is 35.5. The number of esters is 1. The Kier molecular flexibility index (Phi) is 3.15. The summed E-state index contributed by atoms with van der Waals surface area (Å²) in [5.41, 5.74) is 1.09. The van der Waals surface area contributed by atoms with Crippen LogP contribution in [0, 0.1) is 0 Å². The number of hydrogen-bond donors (Lipinski definition) is 0. The number of ether oxygens (including phenoxy) is 1. The third kappa shape index (κ3) is 1.78. The predicted octanol–water partition coefficient (Wildman–Crippen LogP) is 3.35. The molecule has 0 aliphatic rings. The van der Waals surface area contributed by atoms with Gasteiger partial charge in [-0.05, 0) is 13.0 Å². The van der Waals surface area contributed by atoms with Gasteiger partial charge in [0.1, 0.15) is 16.9 Å². The number of rotatable bonds is 3. The van der Waals surface area contributed by atoms with Crippen LogP contribution in [0.3, 0.4) is 0 Å². The van der Waals surface area contributed by atoms with Gasteiger partial charge in [-0.15, -0.1) is 11.6 Å². The summed E-state index contributed by atoms with van der Waals surface area (Å²) in [6.45, 7) is 2.10. The maximum atomic E-state index is 11.8. The molecule has 0 saturated heterocycles. The van der Waals surface area contributed by atoms with Crippen LogP contribution in [0.25, 0.3) is 11.0 Å². The van der Waals surface area contributed by atoms with E-state index in [0.717, 1.165) is 5.39 Å². The fourth-order valence-electron chi connectivity index (χ4n) is 1.62. The molecule has 0 saturated carbocycles. The molecule has 4 heteroatoms. The number of furan rings is 1. The molecule has 0 spiro atoms. The summed E-state index contributed by atoms with van der Waals surface area (Å²) in [5.74, 6) is 0.229. The van der Waals surface area contributed by atoms with Gasteiger partial charge in [-0.2, -0.15) is 0 Å². The molecular weight excluding hydrogens is 228 g/mol. The number of benzene rings is 1. The topological polar surface area (TPSA) is 39.4 Å². The molecule has 1 aromatic heterocycles. The van der Waals surface area contributed by atoms with Gasteiger partial charge >= 0.3 is 5.97 Å². The van der Waals surface area contributed by atoms with E-state index in [1.54, 1.807) is 13.0 Å². The zero-order valence-corrected chi connectivity index (χ0v) is 9.58. The molecule has 0 N–H and O–H groups in total. The number of para-hydroxylation sites is 1. The number of carbonyl (C=O) groups is 1. The smallest absolute Gasteiger partial charge is 0.342 e. The quantitative estimate of drug-likeness (QED) is 0.608. The van der Waals surface area contributed by atoms with Crippen molar-refractivity contribution in [3.05, 3.63) is 35.6 Å². The predicted molar refractivity (Wildman–Crippen MR) is 61.7 cm³/mol. The summed E-state index contributed by atoms with van der Waals surface area (Å²) in [5, 5.41) is 0.747. The third-order valence-electron chi connectivity index (χ3n) is 2.27. The van der Waals surface area contributed by atoms with E-state index in [2.05, 4.69) is 0 Å². The van der Waals surface area contributed by atoms with Crippen LogP contribution in [0.15, 0.2) is 28.7 Å². The second kappa shape index (κ2) is 4.58. The maximum Gasteiger partial charge on any atom is 0.342 e. The second-order valence-electron chi connectivity index (χ2n) is 3.25. The zero-order valence-electron chi connectivity index (χ0n) is 8.83. The van der Waals surface area contributed by atoms with Gasteiger partial charge in [0.15, 0.2) is 0 Å². The van der Waals surface area contributed by atoms with Gasteiger partial charge in [0.2, 0.25) is 0 Å². The van der Waals surface area contributed by atoms with Crippen molar-refractivity contribution >= 4 is 28.5 Å². The van der Waals surface area contributed by atoms with Crippen molar-refractivity contribution in [3.8, 4) is 0 Å². The molecule has 0 aliphatic carbocycles. The molecule has 16 heavy (non-hydrogen) atoms. The molecular formula is C12H11ClO3. The van der Waals surface area contributed by atoms with Crippen molar-refractivity contribution in [1.82, 2.24) is 0 Å². The molecule has 1 heterocycles. The van der Waals surface area contributed by atoms with E-state index in [4.69, 9.17) is 20.8 Å². The van der Waals surface area contributed by atoms with E-state index in [0.29, 0.717) is 23.5 Å². The van der Waals surface area contributed by atoms with E-state index < -0.39 is 0 Å². The number of halogens is 1. The number of hydrogen-bond acceptors (Lipinski definition) is 3. The highest BCUT2D eigenvalue weighted by Crippen LogP contribution is 2.27. The third-order valence-corrected chi connectivity index (χ3v) is 2.51. The first-order valence-electron chi connectivity index (χ1n) is 5.01. The van der Waals surface area contributed by atoms with Crippen LogP contribution in [0.2, 0.25) is 0 Å². The van der Waals surface area contributed by atoms with E-state index in [1.807, 2.05) is 18.2 Å². The molecule has 0 atom stereocenters. The Bertz CT molecular complexity index is 516. The number of carbonyl (C=O) groups excluding carboxylic acids is 1. The molecule has 0 amide bonds. The first-order valence-corrected chi connectivity index (χ1v) is 5.54.